The van der Waals surface area contributed by atoms with Gasteiger partial charge in [-0.2, -0.15) is 5.26 Å². The zero-order valence-corrected chi connectivity index (χ0v) is 15.6. The molecule has 0 radical (unpaired) electrons. The highest BCUT2D eigenvalue weighted by Crippen LogP contribution is 2.32. The van der Waals surface area contributed by atoms with Gasteiger partial charge < -0.3 is 18.8 Å². The summed E-state index contributed by atoms with van der Waals surface area (Å²) >= 11 is 0. The van der Waals surface area contributed by atoms with Gasteiger partial charge in [-0.25, -0.2) is 4.98 Å². The Morgan fingerprint density at radius 1 is 1.35 bits per heavy atom. The summed E-state index contributed by atoms with van der Waals surface area (Å²) in [5.74, 6) is 2.79. The van der Waals surface area contributed by atoms with Crippen molar-refractivity contribution in [2.75, 3.05) is 31.8 Å². The summed E-state index contributed by atoms with van der Waals surface area (Å²) < 4.78 is 16.7. The minimum Gasteiger partial charge on any atom is -0.461 e. The summed E-state index contributed by atoms with van der Waals surface area (Å²) in [5, 5.41) is 9.56. The molecule has 0 bridgehead atoms. The van der Waals surface area contributed by atoms with Gasteiger partial charge in [0.15, 0.2) is 0 Å². The van der Waals surface area contributed by atoms with Crippen molar-refractivity contribution in [2.24, 2.45) is 5.92 Å². The summed E-state index contributed by atoms with van der Waals surface area (Å²) in [6.07, 6.45) is 0.881. The number of nitrogens with zero attached hydrogens (tertiary/aromatic N) is 3. The molecule has 0 amide bonds. The molecular weight excluding hydrogens is 330 g/mol. The first kappa shape index (κ1) is 18.4. The molecule has 0 saturated carbocycles. The van der Waals surface area contributed by atoms with Gasteiger partial charge in [-0.15, -0.1) is 0 Å². The van der Waals surface area contributed by atoms with Crippen LogP contribution in [-0.2, 0) is 22.5 Å². The molecule has 1 aliphatic rings. The van der Waals surface area contributed by atoms with Crippen molar-refractivity contribution in [3.05, 3.63) is 47.0 Å². The smallest absolute Gasteiger partial charge is 0.147 e. The monoisotopic (exact) mass is 355 g/mol. The van der Waals surface area contributed by atoms with E-state index >= 15 is 0 Å². The molecule has 1 aliphatic heterocycles. The molecular formula is C20H25N3O3. The van der Waals surface area contributed by atoms with E-state index in [4.69, 9.17) is 18.9 Å². The molecule has 0 aliphatic carbocycles. The molecule has 2 aromatic heterocycles. The SMILES string of the molecule is COCc1ccc(C2COCCN2c2nc(CC(C)C)ccc2C#N)o1. The molecule has 2 aromatic rings. The van der Waals surface area contributed by atoms with E-state index in [1.54, 1.807) is 7.11 Å². The van der Waals surface area contributed by atoms with E-state index in [1.165, 1.54) is 0 Å². The Morgan fingerprint density at radius 3 is 2.92 bits per heavy atom. The highest BCUT2D eigenvalue weighted by atomic mass is 16.5. The fraction of sp³-hybridized carbons (Fsp3) is 0.500. The summed E-state index contributed by atoms with van der Waals surface area (Å²) in [6, 6.07) is 9.84. The van der Waals surface area contributed by atoms with Crippen molar-refractivity contribution in [1.29, 1.82) is 5.26 Å². The van der Waals surface area contributed by atoms with Crippen molar-refractivity contribution in [3.8, 4) is 6.07 Å². The van der Waals surface area contributed by atoms with E-state index in [9.17, 15) is 5.26 Å². The van der Waals surface area contributed by atoms with Gasteiger partial charge in [-0.1, -0.05) is 13.8 Å². The minimum atomic E-state index is -0.108. The molecule has 6 heteroatoms. The zero-order valence-electron chi connectivity index (χ0n) is 15.6. The molecule has 1 fully saturated rings. The highest BCUT2D eigenvalue weighted by molar-refractivity contribution is 5.56. The Kier molecular flexibility index (Phi) is 5.92. The van der Waals surface area contributed by atoms with Crippen LogP contribution in [0.25, 0.3) is 0 Å². The Balaban J connectivity index is 1.94. The Morgan fingerprint density at radius 2 is 2.19 bits per heavy atom. The topological polar surface area (TPSA) is 71.5 Å². The number of rotatable bonds is 6. The first-order valence-electron chi connectivity index (χ1n) is 8.94. The fourth-order valence-electron chi connectivity index (χ4n) is 3.21. The van der Waals surface area contributed by atoms with E-state index in [0.29, 0.717) is 43.7 Å². The van der Waals surface area contributed by atoms with Crippen molar-refractivity contribution < 1.29 is 13.9 Å². The van der Waals surface area contributed by atoms with Gasteiger partial charge in [0, 0.05) is 19.3 Å². The molecule has 0 aromatic carbocycles. The minimum absolute atomic E-state index is 0.108. The molecule has 1 unspecified atom stereocenters. The number of ether oxygens (including phenoxy) is 2. The summed E-state index contributed by atoms with van der Waals surface area (Å²) in [5.41, 5.74) is 1.58. The van der Waals surface area contributed by atoms with Crippen LogP contribution in [0.2, 0.25) is 0 Å². The summed E-state index contributed by atoms with van der Waals surface area (Å²) in [7, 11) is 1.64. The van der Waals surface area contributed by atoms with Crippen LogP contribution in [0, 0.1) is 17.2 Å². The van der Waals surface area contributed by atoms with E-state index in [0.717, 1.165) is 23.6 Å². The van der Waals surface area contributed by atoms with Gasteiger partial charge in [0.25, 0.3) is 0 Å². The van der Waals surface area contributed by atoms with Gasteiger partial charge in [-0.05, 0) is 36.6 Å². The molecule has 138 valence electrons. The third kappa shape index (κ3) is 4.06. The van der Waals surface area contributed by atoms with Crippen molar-refractivity contribution in [1.82, 2.24) is 4.98 Å². The summed E-state index contributed by atoms with van der Waals surface area (Å²) in [4.78, 5) is 6.93. The lowest BCUT2D eigenvalue weighted by Crippen LogP contribution is -2.40. The average Bonchev–Trinajstić information content (AvgIpc) is 3.10. The second-order valence-corrected chi connectivity index (χ2v) is 6.90. The normalized spacial score (nSPS) is 17.5. The lowest BCUT2D eigenvalue weighted by atomic mass is 10.1. The van der Waals surface area contributed by atoms with Crippen molar-refractivity contribution in [3.63, 3.8) is 0 Å². The third-order valence-electron chi connectivity index (χ3n) is 4.37. The third-order valence-corrected chi connectivity index (χ3v) is 4.37. The predicted octanol–water partition coefficient (Wildman–Crippen LogP) is 3.47. The van der Waals surface area contributed by atoms with Crippen LogP contribution >= 0.6 is 0 Å². The van der Waals surface area contributed by atoms with Crippen LogP contribution in [-0.4, -0.2) is 31.9 Å². The number of hydrogen-bond donors (Lipinski definition) is 0. The highest BCUT2D eigenvalue weighted by Gasteiger charge is 2.30. The van der Waals surface area contributed by atoms with Crippen LogP contribution in [0.4, 0.5) is 5.82 Å². The van der Waals surface area contributed by atoms with Gasteiger partial charge in [0.2, 0.25) is 0 Å². The first-order chi connectivity index (χ1) is 12.6. The van der Waals surface area contributed by atoms with Crippen LogP contribution in [0.5, 0.6) is 0 Å². The number of aromatic nitrogens is 1. The van der Waals surface area contributed by atoms with Crippen LogP contribution in [0.1, 0.15) is 42.7 Å². The van der Waals surface area contributed by atoms with Gasteiger partial charge in [0.05, 0.1) is 18.8 Å². The zero-order chi connectivity index (χ0) is 18.5. The van der Waals surface area contributed by atoms with Crippen LogP contribution < -0.4 is 4.90 Å². The molecule has 0 N–H and O–H groups in total. The van der Waals surface area contributed by atoms with Crippen molar-refractivity contribution >= 4 is 5.82 Å². The molecule has 26 heavy (non-hydrogen) atoms. The maximum absolute atomic E-state index is 9.56. The Labute approximate surface area is 154 Å². The Bertz CT molecular complexity index is 779. The molecule has 1 atom stereocenters. The quantitative estimate of drug-likeness (QED) is 0.790. The van der Waals surface area contributed by atoms with E-state index in [2.05, 4.69) is 24.8 Å². The average molecular weight is 355 g/mol. The van der Waals surface area contributed by atoms with Gasteiger partial charge in [0.1, 0.15) is 36.1 Å². The Hall–Kier alpha value is -2.36. The molecule has 3 rings (SSSR count). The standard InChI is InChI=1S/C20H25N3O3/c1-14(2)10-16-5-4-15(11-21)20(22-16)23-8-9-25-13-18(23)19-7-6-17(26-19)12-24-3/h4-7,14,18H,8-10,12-13H2,1-3H3. The van der Waals surface area contributed by atoms with Gasteiger partial charge >= 0.3 is 0 Å². The second-order valence-electron chi connectivity index (χ2n) is 6.90. The molecule has 6 nitrogen and oxygen atoms in total. The fourth-order valence-corrected chi connectivity index (χ4v) is 3.21. The van der Waals surface area contributed by atoms with Crippen LogP contribution in [0.15, 0.2) is 28.7 Å². The van der Waals surface area contributed by atoms with Gasteiger partial charge in [-0.3, -0.25) is 0 Å². The number of morpholine rings is 1. The van der Waals surface area contributed by atoms with E-state index in [-0.39, 0.29) is 6.04 Å². The lowest BCUT2D eigenvalue weighted by Gasteiger charge is -2.36. The predicted molar refractivity (Wildman–Crippen MR) is 97.8 cm³/mol. The maximum Gasteiger partial charge on any atom is 0.147 e. The number of anilines is 1. The van der Waals surface area contributed by atoms with E-state index < -0.39 is 0 Å². The number of pyridine rings is 1. The number of nitriles is 1. The molecule has 1 saturated heterocycles. The van der Waals surface area contributed by atoms with E-state index in [1.807, 2.05) is 24.3 Å². The number of methoxy groups -OCH3 is 1. The summed E-state index contributed by atoms with van der Waals surface area (Å²) in [6.45, 7) is 6.52. The first-order valence-corrected chi connectivity index (χ1v) is 8.94. The van der Waals surface area contributed by atoms with Crippen molar-refractivity contribution in [2.45, 2.75) is 32.9 Å². The largest absolute Gasteiger partial charge is 0.461 e. The van der Waals surface area contributed by atoms with Crippen LogP contribution in [0.3, 0.4) is 0 Å². The number of furan rings is 1. The lowest BCUT2D eigenvalue weighted by molar-refractivity contribution is 0.0853. The number of hydrogen-bond acceptors (Lipinski definition) is 6. The molecule has 3 heterocycles. The second kappa shape index (κ2) is 8.35. The molecule has 0 spiro atoms. The maximum atomic E-state index is 9.56.